The van der Waals surface area contributed by atoms with Crippen LogP contribution in [0.15, 0.2) is 0 Å². The highest BCUT2D eigenvalue weighted by atomic mass is 31.2. The summed E-state index contributed by atoms with van der Waals surface area (Å²) in [7, 11) is -11.5. The van der Waals surface area contributed by atoms with Crippen LogP contribution in [0.1, 0.15) is 0 Å². The molecule has 0 bridgehead atoms. The normalized spacial score (nSPS) is 15.7. The van der Waals surface area contributed by atoms with Gasteiger partial charge in [0.2, 0.25) is 0 Å². The van der Waals surface area contributed by atoms with E-state index in [1.54, 1.807) is 0 Å². The highest BCUT2D eigenvalue weighted by Crippen LogP contribution is 2.69. The Hall–Kier alpha value is 0.234. The summed E-state index contributed by atoms with van der Waals surface area (Å²) in [6, 6.07) is 0. The van der Waals surface area contributed by atoms with Crippen molar-refractivity contribution in [3.63, 3.8) is 0 Å². The van der Waals surface area contributed by atoms with E-state index in [9.17, 15) is 26.5 Å². The summed E-state index contributed by atoms with van der Waals surface area (Å²) < 4.78 is 85.5. The standard InChI is InChI=1S/C8H18F5O3PSi2/c1-18(2,3)15-17(14,16-19(4,5)6)8(12,13)7(9,10)11/h1-6H3. The van der Waals surface area contributed by atoms with Crippen LogP contribution in [-0.2, 0) is 13.0 Å². The van der Waals surface area contributed by atoms with Crippen LogP contribution < -0.4 is 0 Å². The molecule has 0 aromatic heterocycles. The number of hydrogen-bond donors (Lipinski definition) is 0. The van der Waals surface area contributed by atoms with Gasteiger partial charge in [-0.15, -0.1) is 0 Å². The van der Waals surface area contributed by atoms with Crippen LogP contribution in [0, 0.1) is 0 Å². The molecule has 0 heterocycles. The minimum Gasteiger partial charge on any atom is -0.347 e. The van der Waals surface area contributed by atoms with Gasteiger partial charge in [0.15, 0.2) is 16.6 Å². The van der Waals surface area contributed by atoms with E-state index in [2.05, 4.69) is 8.43 Å². The first kappa shape index (κ1) is 19.2. The summed E-state index contributed by atoms with van der Waals surface area (Å²) in [5.74, 6) is 0. The molecule has 0 unspecified atom stereocenters. The molecule has 19 heavy (non-hydrogen) atoms. The lowest BCUT2D eigenvalue weighted by molar-refractivity contribution is -0.248. The molecule has 11 heteroatoms. The second kappa shape index (κ2) is 5.21. The highest BCUT2D eigenvalue weighted by Gasteiger charge is 2.72. The minimum atomic E-state index is -5.98. The van der Waals surface area contributed by atoms with Crippen molar-refractivity contribution in [2.24, 2.45) is 0 Å². The molecule has 0 saturated carbocycles. The lowest BCUT2D eigenvalue weighted by Crippen LogP contribution is -2.43. The molecule has 0 radical (unpaired) electrons. The van der Waals surface area contributed by atoms with Crippen LogP contribution in [0.4, 0.5) is 22.0 Å². The first-order chi connectivity index (χ1) is 7.91. The maximum Gasteiger partial charge on any atom is 0.466 e. The first-order valence-corrected chi connectivity index (χ1v) is 13.7. The van der Waals surface area contributed by atoms with Gasteiger partial charge >= 0.3 is 19.4 Å². The molecule has 3 nitrogen and oxygen atoms in total. The van der Waals surface area contributed by atoms with E-state index in [0.29, 0.717) is 0 Å². The van der Waals surface area contributed by atoms with Crippen LogP contribution in [0.25, 0.3) is 0 Å². The van der Waals surface area contributed by atoms with Crippen molar-refractivity contribution < 1.29 is 34.9 Å². The summed E-state index contributed by atoms with van der Waals surface area (Å²) in [4.78, 5) is 0. The molecule has 0 N–H and O–H groups in total. The van der Waals surface area contributed by atoms with Gasteiger partial charge in [0.1, 0.15) is 0 Å². The van der Waals surface area contributed by atoms with E-state index < -0.39 is 36.1 Å². The second-order valence-electron chi connectivity index (χ2n) is 5.94. The van der Waals surface area contributed by atoms with E-state index in [1.807, 2.05) is 0 Å². The van der Waals surface area contributed by atoms with Crippen molar-refractivity contribution in [1.82, 2.24) is 0 Å². The summed E-state index contributed by atoms with van der Waals surface area (Å²) in [6.45, 7) is 8.16. The fourth-order valence-electron chi connectivity index (χ4n) is 1.01. The van der Waals surface area contributed by atoms with Gasteiger partial charge in [0.05, 0.1) is 0 Å². The predicted molar refractivity (Wildman–Crippen MR) is 67.5 cm³/mol. The average Bonchev–Trinajstić information content (AvgIpc) is 1.92. The maximum atomic E-state index is 13.4. The fraction of sp³-hybridized carbons (Fsp3) is 1.00. The number of halogens is 5. The van der Waals surface area contributed by atoms with Crippen molar-refractivity contribution in [3.8, 4) is 0 Å². The Morgan fingerprint density at radius 1 is 0.789 bits per heavy atom. The fourth-order valence-corrected chi connectivity index (χ4v) is 8.49. The van der Waals surface area contributed by atoms with Gasteiger partial charge in [-0.05, 0) is 39.3 Å². The smallest absolute Gasteiger partial charge is 0.347 e. The lowest BCUT2D eigenvalue weighted by atomic mass is 10.7. The van der Waals surface area contributed by atoms with Gasteiger partial charge in [0.25, 0.3) is 0 Å². The highest BCUT2D eigenvalue weighted by molar-refractivity contribution is 7.58. The van der Waals surface area contributed by atoms with Gasteiger partial charge in [-0.25, -0.2) is 0 Å². The third-order valence-electron chi connectivity index (χ3n) is 1.47. The van der Waals surface area contributed by atoms with Crippen molar-refractivity contribution >= 4 is 24.2 Å². The molecule has 0 saturated heterocycles. The van der Waals surface area contributed by atoms with E-state index in [4.69, 9.17) is 0 Å². The van der Waals surface area contributed by atoms with Crippen molar-refractivity contribution in [2.45, 2.75) is 51.1 Å². The number of hydrogen-bond acceptors (Lipinski definition) is 3. The van der Waals surface area contributed by atoms with E-state index in [0.717, 1.165) is 0 Å². The average molecular weight is 344 g/mol. The molecule has 0 aromatic carbocycles. The first-order valence-electron chi connectivity index (χ1n) is 5.37. The summed E-state index contributed by atoms with van der Waals surface area (Å²) in [5.41, 5.74) is -5.51. The Kier molecular flexibility index (Phi) is 5.28. The van der Waals surface area contributed by atoms with Crippen molar-refractivity contribution in [2.75, 3.05) is 0 Å². The van der Waals surface area contributed by atoms with Crippen LogP contribution in [0.3, 0.4) is 0 Å². The molecule has 0 aliphatic carbocycles. The second-order valence-corrected chi connectivity index (χ2v) is 17.4. The Bertz CT molecular complexity index is 352. The SMILES string of the molecule is C[Si](C)(C)OP(=O)(O[Si](C)(C)C)C(F)(F)C(F)(F)F. The lowest BCUT2D eigenvalue weighted by Gasteiger charge is -2.35. The van der Waals surface area contributed by atoms with Crippen LogP contribution >= 0.6 is 7.60 Å². The monoisotopic (exact) mass is 344 g/mol. The summed E-state index contributed by atoms with van der Waals surface area (Å²) in [6.07, 6.45) is -5.98. The Morgan fingerprint density at radius 2 is 1.05 bits per heavy atom. The van der Waals surface area contributed by atoms with Gasteiger partial charge in [0, 0.05) is 0 Å². The molecule has 0 spiro atoms. The maximum absolute atomic E-state index is 13.4. The molecule has 0 fully saturated rings. The number of rotatable bonds is 5. The Labute approximate surface area is 111 Å². The van der Waals surface area contributed by atoms with Gasteiger partial charge in [-0.2, -0.15) is 22.0 Å². The van der Waals surface area contributed by atoms with E-state index >= 15 is 0 Å². The minimum absolute atomic E-state index is 1.36. The topological polar surface area (TPSA) is 35.5 Å². The van der Waals surface area contributed by atoms with Crippen LogP contribution in [0.2, 0.25) is 39.3 Å². The molecule has 0 aromatic rings. The van der Waals surface area contributed by atoms with E-state index in [1.165, 1.54) is 39.3 Å². The molecule has 116 valence electrons. The van der Waals surface area contributed by atoms with Gasteiger partial charge in [-0.3, -0.25) is 4.57 Å². The largest absolute Gasteiger partial charge is 0.466 e. The molecular formula is C8H18F5O3PSi2. The Morgan fingerprint density at radius 3 is 1.21 bits per heavy atom. The Balaban J connectivity index is 5.73. The summed E-state index contributed by atoms with van der Waals surface area (Å²) >= 11 is 0. The van der Waals surface area contributed by atoms with E-state index in [-0.39, 0.29) is 0 Å². The third-order valence-corrected chi connectivity index (χ3v) is 8.72. The molecule has 0 rings (SSSR count). The van der Waals surface area contributed by atoms with Gasteiger partial charge < -0.3 is 8.43 Å². The van der Waals surface area contributed by atoms with Crippen LogP contribution in [-0.4, -0.2) is 28.5 Å². The zero-order valence-corrected chi connectivity index (χ0v) is 14.5. The zero-order chi connectivity index (χ0) is 15.9. The molecule has 0 aliphatic rings. The molecule has 0 atom stereocenters. The molecule has 0 aliphatic heterocycles. The zero-order valence-electron chi connectivity index (χ0n) is 11.6. The van der Waals surface area contributed by atoms with Crippen molar-refractivity contribution in [3.05, 3.63) is 0 Å². The third kappa shape index (κ3) is 5.26. The summed E-state index contributed by atoms with van der Waals surface area (Å²) in [5, 5.41) is 0. The van der Waals surface area contributed by atoms with Crippen LogP contribution in [0.5, 0.6) is 0 Å². The van der Waals surface area contributed by atoms with Crippen molar-refractivity contribution in [1.29, 1.82) is 0 Å². The van der Waals surface area contributed by atoms with Gasteiger partial charge in [-0.1, -0.05) is 0 Å². The molecule has 0 amide bonds. The quantitative estimate of drug-likeness (QED) is 0.398. The number of alkyl halides is 5. The predicted octanol–water partition coefficient (Wildman–Crippen LogP) is 5.04. The molecular weight excluding hydrogens is 326 g/mol.